The summed E-state index contributed by atoms with van der Waals surface area (Å²) in [5.41, 5.74) is 6.82. The van der Waals surface area contributed by atoms with Crippen molar-refractivity contribution in [3.8, 4) is 11.8 Å². The van der Waals surface area contributed by atoms with Gasteiger partial charge in [-0.2, -0.15) is 0 Å². The lowest BCUT2D eigenvalue weighted by Gasteiger charge is -2.01. The molecule has 1 aromatic carbocycles. The molecule has 17 heavy (non-hydrogen) atoms. The first-order chi connectivity index (χ1) is 8.00. The van der Waals surface area contributed by atoms with Crippen molar-refractivity contribution in [2.75, 3.05) is 11.5 Å². The highest BCUT2D eigenvalue weighted by Crippen LogP contribution is 2.26. The van der Waals surface area contributed by atoms with Gasteiger partial charge in [-0.25, -0.2) is 0 Å². The van der Waals surface area contributed by atoms with Crippen LogP contribution in [0.1, 0.15) is 18.9 Å². The summed E-state index contributed by atoms with van der Waals surface area (Å²) in [6, 6.07) is 3.25. The summed E-state index contributed by atoms with van der Waals surface area (Å²) in [6.07, 6.45) is 0.619. The summed E-state index contributed by atoms with van der Waals surface area (Å²) in [5.74, 6) is 6.51. The molecular weight excluding hydrogens is 277 g/mol. The zero-order valence-corrected chi connectivity index (χ0v) is 11.5. The third-order valence-corrected chi connectivity index (χ3v) is 3.20. The fraction of sp³-hybridized carbons (Fsp3) is 0.250. The Hall–Kier alpha value is -0.820. The summed E-state index contributed by atoms with van der Waals surface area (Å²) >= 11 is 13.0. The highest BCUT2D eigenvalue weighted by molar-refractivity contribution is 8.13. The molecule has 0 radical (unpaired) electrons. The number of halogens is 2. The number of rotatable bonds is 2. The van der Waals surface area contributed by atoms with E-state index >= 15 is 0 Å². The third kappa shape index (κ3) is 4.91. The summed E-state index contributed by atoms with van der Waals surface area (Å²) in [7, 11) is 0. The lowest BCUT2D eigenvalue weighted by Crippen LogP contribution is -1.91. The Morgan fingerprint density at radius 2 is 2.18 bits per heavy atom. The fourth-order valence-electron chi connectivity index (χ4n) is 1.09. The van der Waals surface area contributed by atoms with Crippen LogP contribution in [0.25, 0.3) is 0 Å². The Labute approximate surface area is 115 Å². The molecule has 0 aromatic heterocycles. The van der Waals surface area contributed by atoms with Gasteiger partial charge in [0.1, 0.15) is 0 Å². The predicted octanol–water partition coefficient (Wildman–Crippen LogP) is 3.60. The molecule has 0 fully saturated rings. The van der Waals surface area contributed by atoms with Crippen LogP contribution in [-0.4, -0.2) is 10.9 Å². The zero-order valence-electron chi connectivity index (χ0n) is 9.22. The standard InChI is InChI=1S/C12H11Cl2NOS/c1-8(16)17-5-3-2-4-9-6-10(13)7-11(14)12(9)15/h6-7H,3,5,15H2,1H3. The number of carbonyl (C=O) groups excluding carboxylic acids is 1. The highest BCUT2D eigenvalue weighted by Gasteiger charge is 2.03. The van der Waals surface area contributed by atoms with Crippen molar-refractivity contribution in [2.24, 2.45) is 0 Å². The Balaban J connectivity index is 2.68. The molecule has 0 aliphatic rings. The molecule has 5 heteroatoms. The average Bonchev–Trinajstić information content (AvgIpc) is 2.23. The predicted molar refractivity (Wildman–Crippen MR) is 75.5 cm³/mol. The summed E-state index contributed by atoms with van der Waals surface area (Å²) in [6.45, 7) is 1.53. The largest absolute Gasteiger partial charge is 0.397 e. The van der Waals surface area contributed by atoms with Gasteiger partial charge in [-0.05, 0) is 12.1 Å². The molecule has 1 rings (SSSR count). The van der Waals surface area contributed by atoms with E-state index in [4.69, 9.17) is 28.9 Å². The van der Waals surface area contributed by atoms with Crippen LogP contribution in [0.5, 0.6) is 0 Å². The van der Waals surface area contributed by atoms with Crippen LogP contribution < -0.4 is 5.73 Å². The van der Waals surface area contributed by atoms with Crippen LogP contribution in [0.15, 0.2) is 12.1 Å². The molecule has 0 amide bonds. The van der Waals surface area contributed by atoms with Crippen molar-refractivity contribution in [1.29, 1.82) is 0 Å². The summed E-state index contributed by atoms with van der Waals surface area (Å²) in [4.78, 5) is 10.7. The van der Waals surface area contributed by atoms with Gasteiger partial charge in [-0.15, -0.1) is 0 Å². The topological polar surface area (TPSA) is 43.1 Å². The van der Waals surface area contributed by atoms with Crippen molar-refractivity contribution >= 4 is 45.8 Å². The second-order valence-corrected chi connectivity index (χ2v) is 5.36. The quantitative estimate of drug-likeness (QED) is 0.513. The molecule has 0 bridgehead atoms. The van der Waals surface area contributed by atoms with Gasteiger partial charge in [0.15, 0.2) is 5.12 Å². The number of nitrogen functional groups attached to an aromatic ring is 1. The van der Waals surface area contributed by atoms with Gasteiger partial charge < -0.3 is 5.73 Å². The fourth-order valence-corrected chi connectivity index (χ4v) is 2.08. The van der Waals surface area contributed by atoms with E-state index in [1.165, 1.54) is 18.7 Å². The zero-order chi connectivity index (χ0) is 12.8. The van der Waals surface area contributed by atoms with Crippen LogP contribution in [0, 0.1) is 11.8 Å². The Morgan fingerprint density at radius 3 is 2.82 bits per heavy atom. The van der Waals surface area contributed by atoms with E-state index in [-0.39, 0.29) is 5.12 Å². The van der Waals surface area contributed by atoms with Crippen LogP contribution in [0.3, 0.4) is 0 Å². The monoisotopic (exact) mass is 287 g/mol. The second-order valence-electron chi connectivity index (χ2n) is 3.24. The van der Waals surface area contributed by atoms with Gasteiger partial charge >= 0.3 is 0 Å². The van der Waals surface area contributed by atoms with Gasteiger partial charge in [0.25, 0.3) is 0 Å². The minimum absolute atomic E-state index is 0.0945. The maximum Gasteiger partial charge on any atom is 0.185 e. The highest BCUT2D eigenvalue weighted by atomic mass is 35.5. The van der Waals surface area contributed by atoms with E-state index in [1.54, 1.807) is 12.1 Å². The van der Waals surface area contributed by atoms with Crippen LogP contribution >= 0.6 is 35.0 Å². The van der Waals surface area contributed by atoms with Gasteiger partial charge in [0.2, 0.25) is 0 Å². The molecule has 0 aliphatic carbocycles. The van der Waals surface area contributed by atoms with E-state index < -0.39 is 0 Å². The number of benzene rings is 1. The third-order valence-electron chi connectivity index (χ3n) is 1.85. The minimum Gasteiger partial charge on any atom is -0.397 e. The molecule has 0 atom stereocenters. The Bertz CT molecular complexity index is 491. The Morgan fingerprint density at radius 1 is 1.47 bits per heavy atom. The molecule has 0 heterocycles. The van der Waals surface area contributed by atoms with Crippen molar-refractivity contribution < 1.29 is 4.79 Å². The normalized spacial score (nSPS) is 9.59. The number of anilines is 1. The molecule has 0 aliphatic heterocycles. The van der Waals surface area contributed by atoms with Gasteiger partial charge in [0, 0.05) is 24.1 Å². The van der Waals surface area contributed by atoms with Crippen molar-refractivity contribution in [3.05, 3.63) is 27.7 Å². The van der Waals surface area contributed by atoms with E-state index in [9.17, 15) is 4.79 Å². The van der Waals surface area contributed by atoms with Gasteiger partial charge in [0.05, 0.1) is 16.3 Å². The lowest BCUT2D eigenvalue weighted by atomic mass is 10.2. The van der Waals surface area contributed by atoms with Gasteiger partial charge in [-0.1, -0.05) is 46.8 Å². The minimum atomic E-state index is 0.0945. The van der Waals surface area contributed by atoms with Crippen LogP contribution in [-0.2, 0) is 4.79 Å². The van der Waals surface area contributed by atoms with Crippen LogP contribution in [0.2, 0.25) is 10.0 Å². The van der Waals surface area contributed by atoms with E-state index in [2.05, 4.69) is 11.8 Å². The van der Waals surface area contributed by atoms with Crippen molar-refractivity contribution in [1.82, 2.24) is 0 Å². The first-order valence-corrected chi connectivity index (χ1v) is 6.61. The molecule has 90 valence electrons. The molecule has 0 saturated heterocycles. The molecule has 1 aromatic rings. The number of hydrogen-bond donors (Lipinski definition) is 1. The molecule has 0 saturated carbocycles. The van der Waals surface area contributed by atoms with E-state index in [1.807, 2.05) is 0 Å². The van der Waals surface area contributed by atoms with Crippen molar-refractivity contribution in [2.45, 2.75) is 13.3 Å². The first-order valence-electron chi connectivity index (χ1n) is 4.87. The molecular formula is C12H11Cl2NOS. The Kier molecular flexibility index (Phi) is 5.70. The molecule has 0 spiro atoms. The maximum absolute atomic E-state index is 10.7. The second kappa shape index (κ2) is 6.80. The van der Waals surface area contributed by atoms with Crippen LogP contribution in [0.4, 0.5) is 5.69 Å². The number of thioether (sulfide) groups is 1. The number of nitrogens with two attached hydrogens (primary N) is 1. The lowest BCUT2D eigenvalue weighted by molar-refractivity contribution is -0.109. The van der Waals surface area contributed by atoms with E-state index in [0.717, 1.165) is 0 Å². The summed E-state index contributed by atoms with van der Waals surface area (Å²) < 4.78 is 0. The molecule has 2 nitrogen and oxygen atoms in total. The molecule has 2 N–H and O–H groups in total. The number of hydrogen-bond acceptors (Lipinski definition) is 3. The number of carbonyl (C=O) groups is 1. The average molecular weight is 288 g/mol. The maximum atomic E-state index is 10.7. The van der Waals surface area contributed by atoms with E-state index in [0.29, 0.717) is 33.5 Å². The smallest absolute Gasteiger partial charge is 0.185 e. The van der Waals surface area contributed by atoms with Crippen molar-refractivity contribution in [3.63, 3.8) is 0 Å². The van der Waals surface area contributed by atoms with Gasteiger partial charge in [-0.3, -0.25) is 4.79 Å². The summed E-state index contributed by atoms with van der Waals surface area (Å²) in [5, 5.41) is 1.00. The SMILES string of the molecule is CC(=O)SCCC#Cc1cc(Cl)cc(Cl)c1N. The first kappa shape index (κ1) is 14.2. The molecule has 0 unspecified atom stereocenters.